The minimum absolute atomic E-state index is 0.0734. The summed E-state index contributed by atoms with van der Waals surface area (Å²) in [5.41, 5.74) is 0.141. The van der Waals surface area contributed by atoms with Crippen LogP contribution in [0.5, 0.6) is 0 Å². The number of halogens is 1. The quantitative estimate of drug-likeness (QED) is 0.759. The number of aliphatic imine (C=N–C) groups is 1. The third-order valence-electron chi connectivity index (χ3n) is 3.85. The van der Waals surface area contributed by atoms with E-state index in [4.69, 9.17) is 9.84 Å². The molecule has 2 fully saturated rings. The lowest BCUT2D eigenvalue weighted by Crippen LogP contribution is -2.38. The van der Waals surface area contributed by atoms with Crippen LogP contribution in [0.1, 0.15) is 0 Å². The van der Waals surface area contributed by atoms with Crippen molar-refractivity contribution in [1.82, 2.24) is 0 Å². The molecule has 0 aliphatic carbocycles. The lowest BCUT2D eigenvalue weighted by atomic mass is 10.2. The zero-order valence-corrected chi connectivity index (χ0v) is 15.0. The van der Waals surface area contributed by atoms with Crippen molar-refractivity contribution in [2.45, 2.75) is 11.3 Å². The first kappa shape index (κ1) is 18.8. The number of thioether (sulfide) groups is 1. The molecule has 140 valence electrons. The summed E-state index contributed by atoms with van der Waals surface area (Å²) in [4.78, 5) is 27.7. The second-order valence-electron chi connectivity index (χ2n) is 5.80. The van der Waals surface area contributed by atoms with Gasteiger partial charge in [-0.25, -0.2) is 17.6 Å². The highest BCUT2D eigenvalue weighted by atomic mass is 32.2. The van der Waals surface area contributed by atoms with E-state index < -0.39 is 46.8 Å². The van der Waals surface area contributed by atoms with Crippen molar-refractivity contribution >= 4 is 44.3 Å². The lowest BCUT2D eigenvalue weighted by molar-refractivity contribution is -0.143. The maximum Gasteiger partial charge on any atom is 0.329 e. The molecule has 11 heteroatoms. The van der Waals surface area contributed by atoms with Crippen LogP contribution < -0.4 is 4.90 Å². The van der Waals surface area contributed by atoms with E-state index in [1.807, 2.05) is 0 Å². The Balaban J connectivity index is 1.87. The van der Waals surface area contributed by atoms with E-state index in [-0.39, 0.29) is 27.6 Å². The molecule has 0 bridgehead atoms. The summed E-state index contributed by atoms with van der Waals surface area (Å²) in [6.07, 6.45) is 0. The molecular weight excluding hydrogens is 387 g/mol. The number of sulfone groups is 1. The molecule has 0 radical (unpaired) electrons. The van der Waals surface area contributed by atoms with Crippen LogP contribution in [0.2, 0.25) is 0 Å². The number of carbonyl (C=O) groups is 2. The van der Waals surface area contributed by atoms with Crippen LogP contribution in [0.4, 0.5) is 10.1 Å². The van der Waals surface area contributed by atoms with Gasteiger partial charge in [-0.15, -0.1) is 0 Å². The summed E-state index contributed by atoms with van der Waals surface area (Å²) in [6, 6.07) is 5.33. The maximum atomic E-state index is 14.3. The number of fused-ring (bicyclic) bond motifs is 1. The van der Waals surface area contributed by atoms with E-state index in [1.54, 1.807) is 6.07 Å². The highest BCUT2D eigenvalue weighted by Gasteiger charge is 2.49. The molecule has 1 N–H and O–H groups in total. The Bertz CT molecular complexity index is 873. The maximum absolute atomic E-state index is 14.3. The van der Waals surface area contributed by atoms with E-state index in [0.717, 1.165) is 11.8 Å². The van der Waals surface area contributed by atoms with Crippen molar-refractivity contribution in [3.8, 4) is 0 Å². The molecule has 2 saturated heterocycles. The second-order valence-corrected chi connectivity index (χ2v) is 9.16. The highest BCUT2D eigenvalue weighted by molar-refractivity contribution is 8.16. The predicted molar refractivity (Wildman–Crippen MR) is 93.6 cm³/mol. The van der Waals surface area contributed by atoms with E-state index >= 15 is 0 Å². The number of rotatable bonds is 5. The molecule has 2 atom stereocenters. The van der Waals surface area contributed by atoms with Gasteiger partial charge >= 0.3 is 5.97 Å². The summed E-state index contributed by atoms with van der Waals surface area (Å²) >= 11 is 1.10. The number of nitrogens with zero attached hydrogens (tertiary/aromatic N) is 2. The Hall–Kier alpha value is -1.98. The van der Waals surface area contributed by atoms with Crippen LogP contribution in [0, 0.1) is 5.82 Å². The third-order valence-corrected chi connectivity index (χ3v) is 7.06. The molecule has 0 saturated carbocycles. The zero-order valence-electron chi connectivity index (χ0n) is 13.4. The van der Waals surface area contributed by atoms with Gasteiger partial charge < -0.3 is 14.7 Å². The summed E-state index contributed by atoms with van der Waals surface area (Å²) in [5.74, 6) is -2.72. The molecule has 2 heterocycles. The molecule has 0 aromatic heterocycles. The number of ether oxygens (including phenoxy) is 1. The summed E-state index contributed by atoms with van der Waals surface area (Å²) < 4.78 is 42.8. The number of benzene rings is 1. The fourth-order valence-electron chi connectivity index (χ4n) is 2.86. The molecule has 0 unspecified atom stereocenters. The summed E-state index contributed by atoms with van der Waals surface area (Å²) in [5, 5.41) is 8.34. The summed E-state index contributed by atoms with van der Waals surface area (Å²) in [7, 11) is -3.25. The van der Waals surface area contributed by atoms with Crippen molar-refractivity contribution in [2.24, 2.45) is 4.99 Å². The largest absolute Gasteiger partial charge is 0.480 e. The number of amidine groups is 1. The minimum atomic E-state index is -3.25. The average Bonchev–Trinajstić information content (AvgIpc) is 2.98. The van der Waals surface area contributed by atoms with E-state index in [2.05, 4.69) is 4.99 Å². The predicted octanol–water partition coefficient (Wildman–Crippen LogP) is 0.528. The van der Waals surface area contributed by atoms with E-state index in [9.17, 15) is 22.4 Å². The van der Waals surface area contributed by atoms with Gasteiger partial charge in [-0.3, -0.25) is 4.79 Å². The number of carboxylic acid groups (broad SMARTS) is 1. The number of hydrogen-bond acceptors (Lipinski definition) is 6. The molecule has 3 rings (SSSR count). The number of anilines is 1. The number of para-hydroxylation sites is 1. The fraction of sp³-hybridized carbons (Fsp3) is 0.400. The highest BCUT2D eigenvalue weighted by Crippen LogP contribution is 2.41. The van der Waals surface area contributed by atoms with Crippen molar-refractivity contribution in [1.29, 1.82) is 0 Å². The third kappa shape index (κ3) is 4.05. The van der Waals surface area contributed by atoms with Crippen LogP contribution >= 0.6 is 11.8 Å². The number of hydrogen-bond donors (Lipinski definition) is 1. The van der Waals surface area contributed by atoms with E-state index in [1.165, 1.54) is 23.1 Å². The Morgan fingerprint density at radius 2 is 2.04 bits per heavy atom. The first-order valence-corrected chi connectivity index (χ1v) is 10.3. The van der Waals surface area contributed by atoms with Crippen molar-refractivity contribution in [2.75, 3.05) is 29.6 Å². The fourth-order valence-corrected chi connectivity index (χ4v) is 6.78. The van der Waals surface area contributed by atoms with E-state index in [0.29, 0.717) is 0 Å². The van der Waals surface area contributed by atoms with Crippen LogP contribution in [0.15, 0.2) is 29.3 Å². The molecule has 8 nitrogen and oxygen atoms in total. The number of amides is 1. The Morgan fingerprint density at radius 3 is 2.73 bits per heavy atom. The molecular formula is C15H15FN2O6S2. The van der Waals surface area contributed by atoms with Gasteiger partial charge in [0.05, 0.1) is 23.2 Å². The van der Waals surface area contributed by atoms with Crippen molar-refractivity contribution < 1.29 is 32.2 Å². The van der Waals surface area contributed by atoms with Gasteiger partial charge in [-0.05, 0) is 12.1 Å². The van der Waals surface area contributed by atoms with Gasteiger partial charge in [0.1, 0.15) is 19.0 Å². The standard InChI is InChI=1S/C15H15FN2O6S2/c16-9-3-1-2-4-10(9)18-11-7-26(22,23)8-12(11)25-15(18)17-13(19)5-24-6-14(20)21/h1-4,11-12H,5-8H2,(H,20,21)/t11-,12+/m1/s1. The van der Waals surface area contributed by atoms with Gasteiger partial charge in [0.2, 0.25) is 0 Å². The van der Waals surface area contributed by atoms with Gasteiger partial charge in [0.15, 0.2) is 15.0 Å². The van der Waals surface area contributed by atoms with Crippen LogP contribution in [0.25, 0.3) is 0 Å². The molecule has 1 aromatic rings. The normalized spacial score (nSPS) is 25.4. The van der Waals surface area contributed by atoms with Gasteiger partial charge in [0.25, 0.3) is 5.91 Å². The van der Waals surface area contributed by atoms with Crippen LogP contribution in [-0.4, -0.2) is 66.6 Å². The Morgan fingerprint density at radius 1 is 1.31 bits per heavy atom. The van der Waals surface area contributed by atoms with Crippen molar-refractivity contribution in [3.05, 3.63) is 30.1 Å². The SMILES string of the molecule is O=C(O)COCC(=O)N=C1S[C@H]2CS(=O)(=O)C[C@H]2N1c1ccccc1F. The molecule has 26 heavy (non-hydrogen) atoms. The average molecular weight is 402 g/mol. The smallest absolute Gasteiger partial charge is 0.329 e. The van der Waals surface area contributed by atoms with Crippen LogP contribution in [0.3, 0.4) is 0 Å². The Kier molecular flexibility index (Phi) is 5.30. The molecule has 1 aromatic carbocycles. The monoisotopic (exact) mass is 402 g/mol. The molecule has 2 aliphatic heterocycles. The molecule has 1 amide bonds. The van der Waals surface area contributed by atoms with Crippen LogP contribution in [-0.2, 0) is 24.2 Å². The lowest BCUT2D eigenvalue weighted by Gasteiger charge is -2.24. The summed E-state index contributed by atoms with van der Waals surface area (Å²) in [6.45, 7) is -1.17. The number of carboxylic acids is 1. The second kappa shape index (κ2) is 7.33. The van der Waals surface area contributed by atoms with Gasteiger partial charge in [-0.1, -0.05) is 23.9 Å². The number of aliphatic carboxylic acids is 1. The topological polar surface area (TPSA) is 113 Å². The first-order valence-electron chi connectivity index (χ1n) is 7.59. The molecule has 2 aliphatic rings. The molecule has 0 spiro atoms. The van der Waals surface area contributed by atoms with Gasteiger partial charge in [-0.2, -0.15) is 4.99 Å². The minimum Gasteiger partial charge on any atom is -0.480 e. The zero-order chi connectivity index (χ0) is 18.9. The Labute approximate surface area is 153 Å². The van der Waals surface area contributed by atoms with Gasteiger partial charge in [0, 0.05) is 5.25 Å². The number of carbonyl (C=O) groups excluding carboxylic acids is 1. The van der Waals surface area contributed by atoms with Crippen molar-refractivity contribution in [3.63, 3.8) is 0 Å². The first-order chi connectivity index (χ1) is 12.3.